The molecule has 4 aromatic rings. The highest BCUT2D eigenvalue weighted by Gasteiger charge is 2.18. The molecule has 0 bridgehead atoms. The average Bonchev–Trinajstić information content (AvgIpc) is 3.11. The number of nitrogens with one attached hydrogen (secondary N) is 1. The van der Waals surface area contributed by atoms with Gasteiger partial charge in [-0.1, -0.05) is 48.5 Å². The lowest BCUT2D eigenvalue weighted by Crippen LogP contribution is -2.04. The summed E-state index contributed by atoms with van der Waals surface area (Å²) in [5.41, 5.74) is 3.53. The predicted molar refractivity (Wildman–Crippen MR) is 99.0 cm³/mol. The van der Waals surface area contributed by atoms with Gasteiger partial charge in [-0.2, -0.15) is 0 Å². The van der Waals surface area contributed by atoms with Crippen LogP contribution in [0.4, 0.5) is 0 Å². The number of fused-ring (bicyclic) bond motifs is 1. The Morgan fingerprint density at radius 3 is 2.40 bits per heavy atom. The standard InChI is InChI=1S/C21H15N3O/c25-20(15-8-2-1-3-9-15)17(14-16-10-6-7-13-22-16)21-23-18-11-4-5-12-19(18)24-21/h1-14H,(H,23,24)/b17-14-. The topological polar surface area (TPSA) is 58.6 Å². The zero-order valence-corrected chi connectivity index (χ0v) is 13.4. The van der Waals surface area contributed by atoms with E-state index in [2.05, 4.69) is 15.0 Å². The Balaban J connectivity index is 1.86. The van der Waals surface area contributed by atoms with Crippen LogP contribution < -0.4 is 0 Å². The molecule has 2 aromatic carbocycles. The molecule has 0 spiro atoms. The number of hydrogen-bond acceptors (Lipinski definition) is 3. The number of Topliss-reactive ketones (excluding diaryl/α,β-unsaturated/α-hetero) is 1. The summed E-state index contributed by atoms with van der Waals surface area (Å²) in [5.74, 6) is 0.450. The number of H-pyrrole nitrogens is 1. The first-order valence-electron chi connectivity index (χ1n) is 7.99. The zero-order chi connectivity index (χ0) is 17.1. The molecule has 2 aromatic heterocycles. The maximum Gasteiger partial charge on any atom is 0.196 e. The molecule has 4 nitrogen and oxygen atoms in total. The van der Waals surface area contributed by atoms with Gasteiger partial charge in [-0.25, -0.2) is 4.98 Å². The molecular weight excluding hydrogens is 310 g/mol. The van der Waals surface area contributed by atoms with Crippen LogP contribution in [0.25, 0.3) is 22.7 Å². The third-order valence-corrected chi connectivity index (χ3v) is 3.91. The van der Waals surface area contributed by atoms with Gasteiger partial charge in [0.25, 0.3) is 0 Å². The van der Waals surface area contributed by atoms with Crippen LogP contribution in [0.2, 0.25) is 0 Å². The maximum atomic E-state index is 13.1. The van der Waals surface area contributed by atoms with Crippen LogP contribution in [-0.4, -0.2) is 20.7 Å². The summed E-state index contributed by atoms with van der Waals surface area (Å²) >= 11 is 0. The summed E-state index contributed by atoms with van der Waals surface area (Å²) in [6, 6.07) is 22.5. The molecule has 0 aliphatic carbocycles. The van der Waals surface area contributed by atoms with Gasteiger partial charge in [0.05, 0.1) is 22.3 Å². The van der Waals surface area contributed by atoms with Crippen LogP contribution in [0.5, 0.6) is 0 Å². The van der Waals surface area contributed by atoms with Gasteiger partial charge in [-0.3, -0.25) is 9.78 Å². The Labute approximate surface area is 144 Å². The Morgan fingerprint density at radius 1 is 0.880 bits per heavy atom. The van der Waals surface area contributed by atoms with Gasteiger partial charge >= 0.3 is 0 Å². The molecule has 0 saturated heterocycles. The van der Waals surface area contributed by atoms with Crippen molar-refractivity contribution in [3.63, 3.8) is 0 Å². The molecule has 0 fully saturated rings. The lowest BCUT2D eigenvalue weighted by atomic mass is 10.0. The van der Waals surface area contributed by atoms with Gasteiger partial charge in [0.15, 0.2) is 5.78 Å². The van der Waals surface area contributed by atoms with Crippen LogP contribution in [0.1, 0.15) is 21.9 Å². The quantitative estimate of drug-likeness (QED) is 0.447. The van der Waals surface area contributed by atoms with Crippen molar-refractivity contribution in [1.82, 2.24) is 15.0 Å². The second-order valence-electron chi connectivity index (χ2n) is 5.61. The number of allylic oxidation sites excluding steroid dienone is 1. The van der Waals surface area contributed by atoms with E-state index in [9.17, 15) is 4.79 Å². The number of pyridine rings is 1. The van der Waals surface area contributed by atoms with Crippen LogP contribution in [-0.2, 0) is 0 Å². The molecule has 120 valence electrons. The average molecular weight is 325 g/mol. The van der Waals surface area contributed by atoms with Crippen molar-refractivity contribution in [3.8, 4) is 0 Å². The molecule has 4 heteroatoms. The number of ketones is 1. The number of benzene rings is 2. The minimum Gasteiger partial charge on any atom is -0.338 e. The van der Waals surface area contributed by atoms with E-state index in [1.165, 1.54) is 0 Å². The third kappa shape index (κ3) is 3.10. The van der Waals surface area contributed by atoms with Gasteiger partial charge in [-0.05, 0) is 30.3 Å². The largest absolute Gasteiger partial charge is 0.338 e. The SMILES string of the molecule is O=C(/C(=C/c1ccccn1)c1nc2ccccc2[nH]1)c1ccccc1. The number of nitrogens with zero attached hydrogens (tertiary/aromatic N) is 2. The molecule has 0 unspecified atom stereocenters. The highest BCUT2D eigenvalue weighted by atomic mass is 16.1. The highest BCUT2D eigenvalue weighted by molar-refractivity contribution is 6.31. The van der Waals surface area contributed by atoms with E-state index in [-0.39, 0.29) is 5.78 Å². The Morgan fingerprint density at radius 2 is 1.64 bits per heavy atom. The minimum atomic E-state index is -0.0923. The molecule has 0 saturated carbocycles. The molecule has 0 amide bonds. The fourth-order valence-electron chi connectivity index (χ4n) is 2.68. The van der Waals surface area contributed by atoms with E-state index in [4.69, 9.17) is 0 Å². The number of hydrogen-bond donors (Lipinski definition) is 1. The Bertz CT molecular complexity index is 1020. The summed E-state index contributed by atoms with van der Waals surface area (Å²) in [4.78, 5) is 25.2. The van der Waals surface area contributed by atoms with Crippen LogP contribution in [0.3, 0.4) is 0 Å². The minimum absolute atomic E-state index is 0.0923. The maximum absolute atomic E-state index is 13.1. The fraction of sp³-hybridized carbons (Fsp3) is 0. The molecule has 4 rings (SSSR count). The van der Waals surface area contributed by atoms with Gasteiger partial charge in [-0.15, -0.1) is 0 Å². The summed E-state index contributed by atoms with van der Waals surface area (Å²) in [5, 5.41) is 0. The van der Waals surface area contributed by atoms with Gasteiger partial charge in [0.2, 0.25) is 0 Å². The van der Waals surface area contributed by atoms with Gasteiger partial charge < -0.3 is 4.98 Å². The van der Waals surface area contributed by atoms with Crippen LogP contribution >= 0.6 is 0 Å². The number of aromatic nitrogens is 3. The second-order valence-corrected chi connectivity index (χ2v) is 5.61. The molecule has 0 aliphatic heterocycles. The molecule has 2 heterocycles. The van der Waals surface area contributed by atoms with Gasteiger partial charge in [0.1, 0.15) is 5.82 Å². The zero-order valence-electron chi connectivity index (χ0n) is 13.4. The number of carbonyl (C=O) groups is 1. The molecular formula is C21H15N3O. The van der Waals surface area contributed by atoms with Crippen molar-refractivity contribution < 1.29 is 4.79 Å². The number of rotatable bonds is 4. The molecule has 25 heavy (non-hydrogen) atoms. The van der Waals surface area contributed by atoms with Crippen molar-refractivity contribution in [2.45, 2.75) is 0 Å². The van der Waals surface area contributed by atoms with Crippen molar-refractivity contribution in [2.75, 3.05) is 0 Å². The smallest absolute Gasteiger partial charge is 0.196 e. The van der Waals surface area contributed by atoms with E-state index < -0.39 is 0 Å². The molecule has 0 aliphatic rings. The van der Waals surface area contributed by atoms with E-state index in [1.54, 1.807) is 24.4 Å². The number of aromatic amines is 1. The summed E-state index contributed by atoms with van der Waals surface area (Å²) in [6.07, 6.45) is 3.47. The van der Waals surface area contributed by atoms with Crippen molar-refractivity contribution >= 4 is 28.5 Å². The molecule has 0 radical (unpaired) electrons. The number of para-hydroxylation sites is 2. The van der Waals surface area contributed by atoms with Crippen molar-refractivity contribution in [3.05, 3.63) is 96.1 Å². The lowest BCUT2D eigenvalue weighted by Gasteiger charge is -2.04. The molecule has 1 N–H and O–H groups in total. The second kappa shape index (κ2) is 6.53. The van der Waals surface area contributed by atoms with E-state index in [1.807, 2.05) is 60.7 Å². The van der Waals surface area contributed by atoms with E-state index >= 15 is 0 Å². The molecule has 0 atom stereocenters. The fourth-order valence-corrected chi connectivity index (χ4v) is 2.68. The number of carbonyl (C=O) groups excluding carboxylic acids is 1. The first kappa shape index (κ1) is 15.0. The van der Waals surface area contributed by atoms with E-state index in [0.717, 1.165) is 11.0 Å². The predicted octanol–water partition coefficient (Wildman–Crippen LogP) is 4.38. The lowest BCUT2D eigenvalue weighted by molar-refractivity contribution is 0.105. The summed E-state index contributed by atoms with van der Waals surface area (Å²) < 4.78 is 0. The Kier molecular flexibility index (Phi) is 3.92. The number of imidazole rings is 1. The van der Waals surface area contributed by atoms with Crippen molar-refractivity contribution in [1.29, 1.82) is 0 Å². The van der Waals surface area contributed by atoms with E-state index in [0.29, 0.717) is 22.7 Å². The third-order valence-electron chi connectivity index (χ3n) is 3.91. The Hall–Kier alpha value is -3.53. The normalized spacial score (nSPS) is 11.6. The van der Waals surface area contributed by atoms with Gasteiger partial charge in [0, 0.05) is 11.8 Å². The highest BCUT2D eigenvalue weighted by Crippen LogP contribution is 2.23. The monoisotopic (exact) mass is 325 g/mol. The van der Waals surface area contributed by atoms with Crippen molar-refractivity contribution in [2.24, 2.45) is 0 Å². The first-order valence-corrected chi connectivity index (χ1v) is 7.99. The summed E-state index contributed by atoms with van der Waals surface area (Å²) in [6.45, 7) is 0. The van der Waals surface area contributed by atoms with Crippen LogP contribution in [0.15, 0.2) is 79.0 Å². The summed E-state index contributed by atoms with van der Waals surface area (Å²) in [7, 11) is 0. The first-order chi connectivity index (χ1) is 12.3. The van der Waals surface area contributed by atoms with Crippen LogP contribution in [0, 0.1) is 0 Å².